The molecule has 0 unspecified atom stereocenters. The number of hydrogen-bond donors (Lipinski definition) is 1. The van der Waals surface area contributed by atoms with E-state index in [2.05, 4.69) is 12.2 Å². The van der Waals surface area contributed by atoms with Crippen molar-refractivity contribution in [1.82, 2.24) is 0 Å². The lowest BCUT2D eigenvalue weighted by Crippen LogP contribution is -2.21. The van der Waals surface area contributed by atoms with E-state index in [1.807, 2.05) is 104 Å². The minimum Gasteiger partial charge on any atom is -0.378 e. The predicted octanol–water partition coefficient (Wildman–Crippen LogP) is 6.28. The molecule has 158 valence electrons. The third kappa shape index (κ3) is 5.33. The lowest BCUT2D eigenvalue weighted by atomic mass is 10.2. The fourth-order valence-corrected chi connectivity index (χ4v) is 5.74. The van der Waals surface area contributed by atoms with Crippen molar-refractivity contribution in [3.8, 4) is 0 Å². The molecule has 1 N–H and O–H groups in total. The van der Waals surface area contributed by atoms with Crippen molar-refractivity contribution >= 4 is 24.0 Å². The van der Waals surface area contributed by atoms with Crippen LogP contribution in [0.3, 0.4) is 0 Å². The molecular formula is C25H31N2O2P. The normalized spacial score (nSPS) is 14.0. The highest BCUT2D eigenvalue weighted by molar-refractivity contribution is 7.67. The number of anilines is 2. The smallest absolute Gasteiger partial charge is 0.258 e. The number of benzene rings is 3. The first kappa shape index (κ1) is 22.1. The number of nitrogens with one attached hydrogen (secondary N) is 1. The van der Waals surface area contributed by atoms with Crippen LogP contribution in [0.1, 0.15) is 31.1 Å². The van der Waals surface area contributed by atoms with Crippen LogP contribution in [-0.4, -0.2) is 20.7 Å². The Kier molecular flexibility index (Phi) is 7.73. The number of nitrogens with zero attached hydrogens (tertiary/aromatic N) is 1. The molecule has 0 saturated heterocycles. The monoisotopic (exact) mass is 422 g/mol. The van der Waals surface area contributed by atoms with Gasteiger partial charge in [-0.15, -0.1) is 0 Å². The molecule has 0 aliphatic rings. The van der Waals surface area contributed by atoms with Gasteiger partial charge >= 0.3 is 0 Å². The molecule has 0 aromatic heterocycles. The molecule has 0 spiro atoms. The summed E-state index contributed by atoms with van der Waals surface area (Å²) in [6, 6.07) is 27.7. The van der Waals surface area contributed by atoms with Crippen LogP contribution in [0.25, 0.3) is 0 Å². The second-order valence-corrected chi connectivity index (χ2v) is 10.0. The van der Waals surface area contributed by atoms with E-state index >= 15 is 0 Å². The standard InChI is InChI=1S/C25H31N2O2P/c1-4-5-20-29-30(28,24-18-16-23(17-19-24)27(2)3)25(21-12-8-6-9-13-21)26-22-14-10-7-11-15-22/h6-19,25-26H,4-5,20H2,1-3H3/t25-,30+/m0/s1. The molecule has 0 aliphatic heterocycles. The quantitative estimate of drug-likeness (QED) is 0.308. The second-order valence-electron chi connectivity index (χ2n) is 7.52. The Labute approximate surface area is 180 Å². The molecule has 4 nitrogen and oxygen atoms in total. The van der Waals surface area contributed by atoms with Gasteiger partial charge in [-0.25, -0.2) is 0 Å². The van der Waals surface area contributed by atoms with Crippen molar-refractivity contribution in [2.24, 2.45) is 0 Å². The Morgan fingerprint density at radius 2 is 1.50 bits per heavy atom. The fourth-order valence-electron chi connectivity index (χ4n) is 3.29. The maximum atomic E-state index is 14.6. The summed E-state index contributed by atoms with van der Waals surface area (Å²) in [6.45, 7) is 2.57. The molecule has 0 fully saturated rings. The molecule has 3 aromatic rings. The van der Waals surface area contributed by atoms with Crippen molar-refractivity contribution in [3.63, 3.8) is 0 Å². The summed E-state index contributed by atoms with van der Waals surface area (Å²) in [6.07, 6.45) is 1.86. The summed E-state index contributed by atoms with van der Waals surface area (Å²) in [7, 11) is 0.714. The van der Waals surface area contributed by atoms with E-state index in [1.54, 1.807) is 0 Å². The molecule has 0 saturated carbocycles. The molecular weight excluding hydrogens is 391 g/mol. The summed E-state index contributed by atoms with van der Waals surface area (Å²) < 4.78 is 20.8. The first-order chi connectivity index (χ1) is 14.5. The molecule has 5 heteroatoms. The van der Waals surface area contributed by atoms with Crippen LogP contribution >= 0.6 is 7.37 Å². The molecule has 0 heterocycles. The van der Waals surface area contributed by atoms with E-state index in [0.29, 0.717) is 6.61 Å². The number of hydrogen-bond acceptors (Lipinski definition) is 4. The zero-order valence-electron chi connectivity index (χ0n) is 18.0. The van der Waals surface area contributed by atoms with E-state index in [1.165, 1.54) is 0 Å². The topological polar surface area (TPSA) is 41.6 Å². The summed E-state index contributed by atoms with van der Waals surface area (Å²) in [5.74, 6) is -0.483. The van der Waals surface area contributed by atoms with E-state index in [-0.39, 0.29) is 0 Å². The summed E-state index contributed by atoms with van der Waals surface area (Å²) in [5, 5.41) is 4.22. The van der Waals surface area contributed by atoms with E-state index in [4.69, 9.17) is 4.52 Å². The Morgan fingerprint density at radius 3 is 2.07 bits per heavy atom. The molecule has 0 radical (unpaired) electrons. The first-order valence-corrected chi connectivity index (χ1v) is 12.1. The van der Waals surface area contributed by atoms with E-state index < -0.39 is 13.2 Å². The maximum absolute atomic E-state index is 14.6. The molecule has 30 heavy (non-hydrogen) atoms. The largest absolute Gasteiger partial charge is 0.378 e. The van der Waals surface area contributed by atoms with Crippen LogP contribution in [0.15, 0.2) is 84.9 Å². The molecule has 2 atom stereocenters. The number of unbranched alkanes of at least 4 members (excludes halogenated alkanes) is 1. The molecule has 3 rings (SSSR count). The van der Waals surface area contributed by atoms with Gasteiger partial charge in [-0.2, -0.15) is 0 Å². The van der Waals surface area contributed by atoms with Crippen molar-refractivity contribution in [2.45, 2.75) is 25.5 Å². The summed E-state index contributed by atoms with van der Waals surface area (Å²) >= 11 is 0. The average molecular weight is 423 g/mol. The molecule has 0 amide bonds. The van der Waals surface area contributed by atoms with Gasteiger partial charge in [-0.1, -0.05) is 61.9 Å². The second kappa shape index (κ2) is 10.5. The van der Waals surface area contributed by atoms with Gasteiger partial charge in [-0.3, -0.25) is 4.57 Å². The van der Waals surface area contributed by atoms with Crippen LogP contribution < -0.4 is 15.5 Å². The van der Waals surface area contributed by atoms with Crippen molar-refractivity contribution in [3.05, 3.63) is 90.5 Å². The predicted molar refractivity (Wildman–Crippen MR) is 128 cm³/mol. The maximum Gasteiger partial charge on any atom is 0.258 e. The molecule has 3 aromatic carbocycles. The van der Waals surface area contributed by atoms with Crippen LogP contribution in [0.5, 0.6) is 0 Å². The van der Waals surface area contributed by atoms with Gasteiger partial charge in [0.1, 0.15) is 5.78 Å². The van der Waals surface area contributed by atoms with Gasteiger partial charge in [0, 0.05) is 30.8 Å². The van der Waals surface area contributed by atoms with Crippen LogP contribution in [0.4, 0.5) is 11.4 Å². The van der Waals surface area contributed by atoms with Gasteiger partial charge in [-0.05, 0) is 48.4 Å². The van der Waals surface area contributed by atoms with E-state index in [9.17, 15) is 4.57 Å². The highest BCUT2D eigenvalue weighted by Crippen LogP contribution is 2.59. The van der Waals surface area contributed by atoms with Crippen LogP contribution in [0.2, 0.25) is 0 Å². The van der Waals surface area contributed by atoms with Gasteiger partial charge in [0.25, 0.3) is 7.37 Å². The lowest BCUT2D eigenvalue weighted by Gasteiger charge is -2.30. The Balaban J connectivity index is 2.07. The highest BCUT2D eigenvalue weighted by atomic mass is 31.2. The van der Waals surface area contributed by atoms with Crippen molar-refractivity contribution < 1.29 is 9.09 Å². The average Bonchev–Trinajstić information content (AvgIpc) is 2.79. The van der Waals surface area contributed by atoms with Crippen molar-refractivity contribution in [2.75, 3.05) is 30.9 Å². The third-order valence-electron chi connectivity index (χ3n) is 5.04. The van der Waals surface area contributed by atoms with Crippen LogP contribution in [0, 0.1) is 0 Å². The van der Waals surface area contributed by atoms with E-state index in [0.717, 1.165) is 35.1 Å². The first-order valence-electron chi connectivity index (χ1n) is 10.4. The highest BCUT2D eigenvalue weighted by Gasteiger charge is 2.37. The summed E-state index contributed by atoms with van der Waals surface area (Å²) in [4.78, 5) is 2.03. The summed E-state index contributed by atoms with van der Waals surface area (Å²) in [5.41, 5.74) is 2.92. The minimum absolute atomic E-state index is 0.461. The molecule has 0 bridgehead atoms. The van der Waals surface area contributed by atoms with Crippen LogP contribution in [-0.2, 0) is 9.09 Å². The lowest BCUT2D eigenvalue weighted by molar-refractivity contribution is 0.308. The zero-order chi connectivity index (χ0) is 21.4. The van der Waals surface area contributed by atoms with Gasteiger partial charge in [0.2, 0.25) is 0 Å². The molecule has 0 aliphatic carbocycles. The number of rotatable bonds is 10. The Morgan fingerprint density at radius 1 is 0.900 bits per heavy atom. The van der Waals surface area contributed by atoms with Gasteiger partial charge in [0.15, 0.2) is 0 Å². The number of para-hydroxylation sites is 1. The third-order valence-corrected chi connectivity index (χ3v) is 7.73. The zero-order valence-corrected chi connectivity index (χ0v) is 18.9. The van der Waals surface area contributed by atoms with Gasteiger partial charge < -0.3 is 14.7 Å². The van der Waals surface area contributed by atoms with Crippen molar-refractivity contribution in [1.29, 1.82) is 0 Å². The Bertz CT molecular complexity index is 944. The van der Waals surface area contributed by atoms with Gasteiger partial charge in [0.05, 0.1) is 6.61 Å². The minimum atomic E-state index is -3.28. The fraction of sp³-hybridized carbons (Fsp3) is 0.280. The Hall–Kier alpha value is -2.55. The SMILES string of the molecule is CCCCO[P@](=O)(c1ccc(N(C)C)cc1)[C@H](Nc1ccccc1)c1ccccc1.